The largest absolute Gasteiger partial charge is 0.344 e. The molecular weight excluding hydrogens is 362 g/mol. The first-order chi connectivity index (χ1) is 14.8. The van der Waals surface area contributed by atoms with E-state index in [4.69, 9.17) is 0 Å². The minimum atomic E-state index is 1.00. The molecule has 0 N–H and O–H groups in total. The van der Waals surface area contributed by atoms with Crippen LogP contribution in [0.25, 0.3) is 43.8 Å². The van der Waals surface area contributed by atoms with Gasteiger partial charge in [0.1, 0.15) is 0 Å². The van der Waals surface area contributed by atoms with Crippen LogP contribution in [0, 0.1) is 0 Å². The summed E-state index contributed by atoms with van der Waals surface area (Å²) in [5.74, 6) is 0. The molecule has 0 unspecified atom stereocenters. The first-order valence-electron chi connectivity index (χ1n) is 10.7. The topological polar surface area (TPSA) is 3.24 Å². The fourth-order valence-corrected chi connectivity index (χ4v) is 5.21. The maximum Gasteiger partial charge on any atom is 0.0497 e. The molecule has 1 aliphatic rings. The van der Waals surface area contributed by atoms with Crippen molar-refractivity contribution in [3.63, 3.8) is 0 Å². The molecule has 5 aromatic rings. The lowest BCUT2D eigenvalue weighted by molar-refractivity contribution is 1.15. The van der Waals surface area contributed by atoms with Gasteiger partial charge in [-0.05, 0) is 56.8 Å². The average molecular weight is 386 g/mol. The Labute approximate surface area is 177 Å². The molecular formula is C29H23N. The number of fused-ring (bicyclic) bond motifs is 8. The minimum Gasteiger partial charge on any atom is -0.344 e. The number of anilines is 2. The van der Waals surface area contributed by atoms with Crippen LogP contribution in [0.2, 0.25) is 0 Å². The summed E-state index contributed by atoms with van der Waals surface area (Å²) < 4.78 is 0. The lowest BCUT2D eigenvalue weighted by Gasteiger charge is -2.25. The van der Waals surface area contributed by atoms with E-state index in [1.54, 1.807) is 0 Å². The molecule has 0 fully saturated rings. The number of rotatable bonds is 1. The van der Waals surface area contributed by atoms with Gasteiger partial charge in [0.05, 0.1) is 0 Å². The number of benzene rings is 5. The lowest BCUT2D eigenvalue weighted by Crippen LogP contribution is -2.11. The molecule has 5 aromatic carbocycles. The summed E-state index contributed by atoms with van der Waals surface area (Å²) >= 11 is 0. The smallest absolute Gasteiger partial charge is 0.0497 e. The van der Waals surface area contributed by atoms with Crippen molar-refractivity contribution >= 4 is 32.9 Å². The predicted molar refractivity (Wildman–Crippen MR) is 130 cm³/mol. The van der Waals surface area contributed by atoms with Crippen LogP contribution in [0.4, 0.5) is 11.4 Å². The molecule has 0 saturated carbocycles. The Kier molecular flexibility index (Phi) is 3.73. The number of hydrogen-bond donors (Lipinski definition) is 0. The van der Waals surface area contributed by atoms with E-state index in [1.165, 1.54) is 60.7 Å². The van der Waals surface area contributed by atoms with E-state index in [9.17, 15) is 0 Å². The SMILES string of the molecule is CCc1c2c(cc3ccccc13)N(C)c1ccc3ccccc3c1-c1ccccc1-2. The standard InChI is InChI=1S/C29H23N/c1-3-21-22-12-6-5-11-20(22)18-27-28(21)24-14-8-9-15-25(24)29-23-13-7-4-10-19(23)16-17-26(29)30(27)2/h4-18H,3H2,1-2H3. The van der Waals surface area contributed by atoms with Crippen LogP contribution in [0.5, 0.6) is 0 Å². The first kappa shape index (κ1) is 17.3. The highest BCUT2D eigenvalue weighted by Crippen LogP contribution is 2.51. The summed E-state index contributed by atoms with van der Waals surface area (Å²) in [6.45, 7) is 2.28. The number of hydrogen-bond acceptors (Lipinski definition) is 1. The molecule has 0 bridgehead atoms. The second-order valence-corrected chi connectivity index (χ2v) is 8.11. The highest BCUT2D eigenvalue weighted by atomic mass is 15.1. The van der Waals surface area contributed by atoms with Crippen LogP contribution in [0.1, 0.15) is 12.5 Å². The van der Waals surface area contributed by atoms with Crippen molar-refractivity contribution in [2.75, 3.05) is 11.9 Å². The third-order valence-corrected chi connectivity index (χ3v) is 6.59. The molecule has 0 atom stereocenters. The summed E-state index contributed by atoms with van der Waals surface area (Å²) in [6, 6.07) is 33.4. The molecule has 0 saturated heterocycles. The predicted octanol–water partition coefficient (Wildman–Crippen LogP) is 7.97. The van der Waals surface area contributed by atoms with Gasteiger partial charge in [-0.15, -0.1) is 0 Å². The van der Waals surface area contributed by atoms with E-state index in [0.29, 0.717) is 0 Å². The molecule has 1 heteroatoms. The van der Waals surface area contributed by atoms with E-state index < -0.39 is 0 Å². The van der Waals surface area contributed by atoms with Crippen molar-refractivity contribution in [3.05, 3.63) is 96.6 Å². The van der Waals surface area contributed by atoms with Crippen molar-refractivity contribution in [3.8, 4) is 22.3 Å². The van der Waals surface area contributed by atoms with Gasteiger partial charge in [-0.3, -0.25) is 0 Å². The highest BCUT2D eigenvalue weighted by Gasteiger charge is 2.26. The third kappa shape index (κ3) is 2.29. The summed E-state index contributed by atoms with van der Waals surface area (Å²) in [6.07, 6.45) is 1.00. The molecule has 144 valence electrons. The molecule has 30 heavy (non-hydrogen) atoms. The van der Waals surface area contributed by atoms with Crippen LogP contribution < -0.4 is 4.90 Å². The molecule has 0 amide bonds. The van der Waals surface area contributed by atoms with Crippen LogP contribution in [-0.4, -0.2) is 7.05 Å². The van der Waals surface area contributed by atoms with Gasteiger partial charge in [0.2, 0.25) is 0 Å². The Morgan fingerprint density at radius 1 is 0.600 bits per heavy atom. The van der Waals surface area contributed by atoms with Crippen LogP contribution >= 0.6 is 0 Å². The summed E-state index contributed by atoms with van der Waals surface area (Å²) in [5.41, 5.74) is 9.32. The maximum absolute atomic E-state index is 2.39. The van der Waals surface area contributed by atoms with Crippen molar-refractivity contribution < 1.29 is 0 Å². The van der Waals surface area contributed by atoms with E-state index in [1.807, 2.05) is 0 Å². The average Bonchev–Trinajstić information content (AvgIpc) is 2.91. The fraction of sp³-hybridized carbons (Fsp3) is 0.103. The number of aryl methyl sites for hydroxylation is 1. The Hall–Kier alpha value is -3.58. The first-order valence-corrected chi connectivity index (χ1v) is 10.7. The zero-order valence-electron chi connectivity index (χ0n) is 17.3. The summed E-state index contributed by atoms with van der Waals surface area (Å²) in [4.78, 5) is 2.39. The normalized spacial score (nSPS) is 12.4. The molecule has 1 nitrogen and oxygen atoms in total. The lowest BCUT2D eigenvalue weighted by atomic mass is 9.87. The van der Waals surface area contributed by atoms with Crippen molar-refractivity contribution in [2.45, 2.75) is 13.3 Å². The van der Waals surface area contributed by atoms with E-state index in [0.717, 1.165) is 6.42 Å². The van der Waals surface area contributed by atoms with E-state index in [2.05, 4.69) is 110 Å². The summed E-state index contributed by atoms with van der Waals surface area (Å²) in [7, 11) is 2.21. The van der Waals surface area contributed by atoms with Gasteiger partial charge in [0, 0.05) is 29.5 Å². The van der Waals surface area contributed by atoms with Gasteiger partial charge in [-0.2, -0.15) is 0 Å². The Morgan fingerprint density at radius 2 is 1.23 bits per heavy atom. The number of nitrogens with zero attached hydrogens (tertiary/aromatic N) is 1. The van der Waals surface area contributed by atoms with Crippen LogP contribution in [-0.2, 0) is 6.42 Å². The highest BCUT2D eigenvalue weighted by molar-refractivity contribution is 6.12. The second-order valence-electron chi connectivity index (χ2n) is 8.11. The fourth-order valence-electron chi connectivity index (χ4n) is 5.21. The zero-order valence-corrected chi connectivity index (χ0v) is 17.3. The van der Waals surface area contributed by atoms with Crippen molar-refractivity contribution in [2.24, 2.45) is 0 Å². The monoisotopic (exact) mass is 385 g/mol. The summed E-state index contributed by atoms with van der Waals surface area (Å²) in [5, 5.41) is 5.26. The molecule has 1 heterocycles. The van der Waals surface area contributed by atoms with Crippen molar-refractivity contribution in [1.82, 2.24) is 0 Å². The molecule has 6 rings (SSSR count). The Bertz CT molecular complexity index is 1440. The quantitative estimate of drug-likeness (QED) is 0.283. The van der Waals surface area contributed by atoms with Gasteiger partial charge in [-0.25, -0.2) is 0 Å². The second kappa shape index (κ2) is 6.47. The van der Waals surface area contributed by atoms with Gasteiger partial charge >= 0.3 is 0 Å². The molecule has 0 aliphatic carbocycles. The Morgan fingerprint density at radius 3 is 2.00 bits per heavy atom. The van der Waals surface area contributed by atoms with E-state index in [-0.39, 0.29) is 0 Å². The van der Waals surface area contributed by atoms with Crippen LogP contribution in [0.3, 0.4) is 0 Å². The zero-order chi connectivity index (χ0) is 20.2. The minimum absolute atomic E-state index is 1.00. The maximum atomic E-state index is 2.39. The molecule has 1 aliphatic heterocycles. The van der Waals surface area contributed by atoms with E-state index >= 15 is 0 Å². The Balaban J connectivity index is 1.84. The van der Waals surface area contributed by atoms with Gasteiger partial charge < -0.3 is 4.90 Å². The van der Waals surface area contributed by atoms with Gasteiger partial charge in [0.15, 0.2) is 0 Å². The van der Waals surface area contributed by atoms with Gasteiger partial charge in [0.25, 0.3) is 0 Å². The van der Waals surface area contributed by atoms with Crippen molar-refractivity contribution in [1.29, 1.82) is 0 Å². The van der Waals surface area contributed by atoms with Gasteiger partial charge in [-0.1, -0.05) is 85.8 Å². The third-order valence-electron chi connectivity index (χ3n) is 6.59. The molecule has 0 aromatic heterocycles. The molecule has 0 spiro atoms. The molecule has 0 radical (unpaired) electrons. The van der Waals surface area contributed by atoms with Crippen LogP contribution in [0.15, 0.2) is 91.0 Å².